The molecule has 0 N–H and O–H groups in total. The fourth-order valence-corrected chi connectivity index (χ4v) is 4.34. The Hall–Kier alpha value is 0.427. The molecule has 4 heteroatoms. The molecule has 0 aromatic rings. The van der Waals surface area contributed by atoms with Crippen LogP contribution in [0, 0.1) is 0 Å². The first-order chi connectivity index (χ1) is 6.68. The topological polar surface area (TPSA) is 18.5 Å². The summed E-state index contributed by atoms with van der Waals surface area (Å²) >= 11 is 6.31. The SMILES string of the molecule is CCCCCC[Si](Cl)(OCC)OCC. The smallest absolute Gasteiger partial charge is 0.383 e. The van der Waals surface area contributed by atoms with Crippen molar-refractivity contribution in [2.75, 3.05) is 13.2 Å². The summed E-state index contributed by atoms with van der Waals surface area (Å²) in [5.41, 5.74) is 0. The van der Waals surface area contributed by atoms with E-state index in [4.69, 9.17) is 19.9 Å². The number of unbranched alkanes of at least 4 members (excludes halogenated alkanes) is 3. The number of halogens is 1. The molecule has 0 fully saturated rings. The molecule has 0 heterocycles. The molecule has 0 bridgehead atoms. The Kier molecular flexibility index (Phi) is 8.98. The third-order valence-corrected chi connectivity index (χ3v) is 5.66. The molecule has 0 aliphatic heterocycles. The first-order valence-corrected chi connectivity index (χ1v) is 8.68. The second-order valence-electron chi connectivity index (χ2n) is 3.34. The summed E-state index contributed by atoms with van der Waals surface area (Å²) in [4.78, 5) is 0. The van der Waals surface area contributed by atoms with Gasteiger partial charge in [-0.3, -0.25) is 0 Å². The maximum Gasteiger partial charge on any atom is 0.443 e. The van der Waals surface area contributed by atoms with E-state index in [1.54, 1.807) is 0 Å². The largest absolute Gasteiger partial charge is 0.443 e. The molecule has 0 saturated carbocycles. The molecule has 0 rings (SSSR count). The van der Waals surface area contributed by atoms with Gasteiger partial charge in [0.05, 0.1) is 0 Å². The maximum atomic E-state index is 6.31. The van der Waals surface area contributed by atoms with Crippen molar-refractivity contribution < 1.29 is 8.85 Å². The molecule has 14 heavy (non-hydrogen) atoms. The third kappa shape index (κ3) is 6.82. The summed E-state index contributed by atoms with van der Waals surface area (Å²) in [7, 11) is -2.33. The lowest BCUT2D eigenvalue weighted by Gasteiger charge is -2.22. The zero-order valence-electron chi connectivity index (χ0n) is 9.64. The summed E-state index contributed by atoms with van der Waals surface area (Å²) in [5, 5.41) is 0. The highest BCUT2D eigenvalue weighted by atomic mass is 35.6. The lowest BCUT2D eigenvalue weighted by molar-refractivity contribution is 0.202. The summed E-state index contributed by atoms with van der Waals surface area (Å²) in [6, 6.07) is 0.913. The predicted octanol–water partition coefficient (Wildman–Crippen LogP) is 3.82. The van der Waals surface area contributed by atoms with E-state index in [2.05, 4.69) is 6.92 Å². The minimum absolute atomic E-state index is 0.656. The Morgan fingerprint density at radius 3 is 1.93 bits per heavy atom. The van der Waals surface area contributed by atoms with Gasteiger partial charge in [0.15, 0.2) is 0 Å². The van der Waals surface area contributed by atoms with Crippen LogP contribution in [0.3, 0.4) is 0 Å². The van der Waals surface area contributed by atoms with Crippen LogP contribution in [0.25, 0.3) is 0 Å². The lowest BCUT2D eigenvalue weighted by Crippen LogP contribution is -2.36. The van der Waals surface area contributed by atoms with Crippen molar-refractivity contribution in [2.45, 2.75) is 52.5 Å². The highest BCUT2D eigenvalue weighted by Crippen LogP contribution is 2.22. The van der Waals surface area contributed by atoms with E-state index < -0.39 is 7.87 Å². The number of hydrogen-bond donors (Lipinski definition) is 0. The number of rotatable bonds is 9. The molecule has 0 aliphatic carbocycles. The third-order valence-electron chi connectivity index (χ3n) is 2.05. The van der Waals surface area contributed by atoms with Crippen molar-refractivity contribution in [3.8, 4) is 0 Å². The van der Waals surface area contributed by atoms with Gasteiger partial charge in [-0.05, 0) is 13.8 Å². The molecular weight excluding hydrogens is 216 g/mol. The minimum atomic E-state index is -2.33. The molecule has 0 saturated heterocycles. The molecule has 0 amide bonds. The van der Waals surface area contributed by atoms with Crippen LogP contribution in [0.1, 0.15) is 46.5 Å². The van der Waals surface area contributed by atoms with Gasteiger partial charge in [-0.25, -0.2) is 0 Å². The predicted molar refractivity (Wildman–Crippen MR) is 63.8 cm³/mol. The molecule has 0 radical (unpaired) electrons. The van der Waals surface area contributed by atoms with Gasteiger partial charge in [0.25, 0.3) is 0 Å². The van der Waals surface area contributed by atoms with Crippen LogP contribution in [0.4, 0.5) is 0 Å². The Bertz CT molecular complexity index is 127. The molecule has 0 aromatic carbocycles. The van der Waals surface area contributed by atoms with Gasteiger partial charge in [-0.15, -0.1) is 0 Å². The second kappa shape index (κ2) is 8.71. The van der Waals surface area contributed by atoms with Crippen LogP contribution in [0.5, 0.6) is 0 Å². The van der Waals surface area contributed by atoms with E-state index in [0.29, 0.717) is 13.2 Å². The molecule has 0 unspecified atom stereocenters. The van der Waals surface area contributed by atoms with E-state index >= 15 is 0 Å². The summed E-state index contributed by atoms with van der Waals surface area (Å²) in [6.45, 7) is 7.45. The van der Waals surface area contributed by atoms with Crippen molar-refractivity contribution in [3.05, 3.63) is 0 Å². The monoisotopic (exact) mass is 238 g/mol. The Morgan fingerprint density at radius 2 is 1.50 bits per heavy atom. The fourth-order valence-electron chi connectivity index (χ4n) is 1.38. The molecule has 0 spiro atoms. The molecule has 0 atom stereocenters. The molecule has 86 valence electrons. The summed E-state index contributed by atoms with van der Waals surface area (Å²) < 4.78 is 11.1. The molecule has 0 aromatic heterocycles. The number of hydrogen-bond acceptors (Lipinski definition) is 2. The molecule has 2 nitrogen and oxygen atoms in total. The van der Waals surface area contributed by atoms with Crippen LogP contribution in [0.15, 0.2) is 0 Å². The second-order valence-corrected chi connectivity index (χ2v) is 7.46. The zero-order chi connectivity index (χ0) is 10.9. The van der Waals surface area contributed by atoms with Gasteiger partial charge < -0.3 is 8.85 Å². The van der Waals surface area contributed by atoms with Gasteiger partial charge in [-0.2, -0.15) is 0 Å². The van der Waals surface area contributed by atoms with E-state index in [-0.39, 0.29) is 0 Å². The lowest BCUT2D eigenvalue weighted by atomic mass is 10.2. The highest BCUT2D eigenvalue weighted by molar-refractivity contribution is 7.12. The van der Waals surface area contributed by atoms with Crippen molar-refractivity contribution in [2.24, 2.45) is 0 Å². The van der Waals surface area contributed by atoms with Gasteiger partial charge in [0.2, 0.25) is 0 Å². The van der Waals surface area contributed by atoms with E-state index in [1.807, 2.05) is 13.8 Å². The van der Waals surface area contributed by atoms with Gasteiger partial charge in [-0.1, -0.05) is 43.7 Å². The van der Waals surface area contributed by atoms with E-state index in [0.717, 1.165) is 12.5 Å². The van der Waals surface area contributed by atoms with E-state index in [9.17, 15) is 0 Å². The van der Waals surface area contributed by atoms with Gasteiger partial charge >= 0.3 is 7.87 Å². The maximum absolute atomic E-state index is 6.31. The molecule has 0 aliphatic rings. The average Bonchev–Trinajstić information content (AvgIpc) is 2.13. The van der Waals surface area contributed by atoms with Gasteiger partial charge in [0, 0.05) is 19.3 Å². The fraction of sp³-hybridized carbons (Fsp3) is 1.00. The van der Waals surface area contributed by atoms with Crippen LogP contribution in [-0.4, -0.2) is 21.1 Å². The van der Waals surface area contributed by atoms with Crippen LogP contribution in [-0.2, 0) is 8.85 Å². The Labute approximate surface area is 93.9 Å². The van der Waals surface area contributed by atoms with Crippen molar-refractivity contribution in [1.29, 1.82) is 0 Å². The zero-order valence-corrected chi connectivity index (χ0v) is 11.4. The summed E-state index contributed by atoms with van der Waals surface area (Å²) in [6.07, 6.45) is 4.89. The quantitative estimate of drug-likeness (QED) is 0.346. The standard InChI is InChI=1S/C10H23ClO2Si/c1-4-7-8-9-10-14(11,12-5-2)13-6-3/h4-10H2,1-3H3. The minimum Gasteiger partial charge on any atom is -0.383 e. The van der Waals surface area contributed by atoms with Crippen LogP contribution < -0.4 is 0 Å². The average molecular weight is 239 g/mol. The first-order valence-electron chi connectivity index (χ1n) is 5.65. The highest BCUT2D eigenvalue weighted by Gasteiger charge is 2.34. The van der Waals surface area contributed by atoms with Crippen molar-refractivity contribution >= 4 is 18.9 Å². The Morgan fingerprint density at radius 1 is 0.929 bits per heavy atom. The van der Waals surface area contributed by atoms with Crippen LogP contribution >= 0.6 is 11.1 Å². The first kappa shape index (κ1) is 14.4. The molecular formula is C10H23ClO2Si. The normalized spacial score (nSPS) is 12.0. The van der Waals surface area contributed by atoms with Gasteiger partial charge in [0.1, 0.15) is 0 Å². The van der Waals surface area contributed by atoms with E-state index in [1.165, 1.54) is 19.3 Å². The summed E-state index contributed by atoms with van der Waals surface area (Å²) in [5.74, 6) is 0. The van der Waals surface area contributed by atoms with Crippen LogP contribution in [0.2, 0.25) is 6.04 Å². The van der Waals surface area contributed by atoms with Crippen molar-refractivity contribution in [3.63, 3.8) is 0 Å². The Balaban J connectivity index is 3.71. The van der Waals surface area contributed by atoms with Crippen molar-refractivity contribution in [1.82, 2.24) is 0 Å².